The quantitative estimate of drug-likeness (QED) is 0.912. The van der Waals surface area contributed by atoms with E-state index in [1.54, 1.807) is 13.5 Å². The fourth-order valence-corrected chi connectivity index (χ4v) is 5.72. The van der Waals surface area contributed by atoms with Gasteiger partial charge in [-0.15, -0.1) is 0 Å². The highest BCUT2D eigenvalue weighted by Gasteiger charge is 2.65. The lowest BCUT2D eigenvalue weighted by molar-refractivity contribution is 0.271. The Morgan fingerprint density at radius 3 is 2.24 bits per heavy atom. The molecule has 1 aromatic rings. The summed E-state index contributed by atoms with van der Waals surface area (Å²) < 4.78 is 5.24. The van der Waals surface area contributed by atoms with Crippen LogP contribution in [0.15, 0.2) is 24.3 Å². The number of rotatable bonds is 4. The van der Waals surface area contributed by atoms with Crippen LogP contribution in [0.25, 0.3) is 0 Å². The van der Waals surface area contributed by atoms with E-state index in [1.165, 1.54) is 31.2 Å². The Morgan fingerprint density at radius 1 is 0.952 bits per heavy atom. The predicted molar refractivity (Wildman–Crippen MR) is 83.5 cm³/mol. The molecule has 2 heteroatoms. The summed E-state index contributed by atoms with van der Waals surface area (Å²) in [7, 11) is 1.73. The molecule has 4 unspecified atom stereocenters. The van der Waals surface area contributed by atoms with Gasteiger partial charge in [0, 0.05) is 12.1 Å². The highest BCUT2D eigenvalue weighted by molar-refractivity contribution is 5.31. The van der Waals surface area contributed by atoms with Gasteiger partial charge in [0.05, 0.1) is 7.11 Å². The monoisotopic (exact) mass is 283 g/mol. The lowest BCUT2D eigenvalue weighted by atomic mass is 9.75. The Kier molecular flexibility index (Phi) is 2.67. The second kappa shape index (κ2) is 4.49. The van der Waals surface area contributed by atoms with Crippen LogP contribution in [0.1, 0.15) is 43.6 Å². The van der Waals surface area contributed by atoms with E-state index in [-0.39, 0.29) is 0 Å². The van der Waals surface area contributed by atoms with E-state index < -0.39 is 0 Å². The van der Waals surface area contributed by atoms with Crippen LogP contribution >= 0.6 is 0 Å². The largest absolute Gasteiger partial charge is 0.497 e. The van der Waals surface area contributed by atoms with Crippen molar-refractivity contribution >= 4 is 0 Å². The Balaban J connectivity index is 1.15. The zero-order chi connectivity index (χ0) is 14.0. The number of hydrogen-bond acceptors (Lipinski definition) is 2. The summed E-state index contributed by atoms with van der Waals surface area (Å²) in [4.78, 5) is 0. The third-order valence-electron chi connectivity index (χ3n) is 6.89. The average Bonchev–Trinajstić information content (AvgIpc) is 2.86. The molecule has 0 amide bonds. The van der Waals surface area contributed by atoms with E-state index in [4.69, 9.17) is 4.74 Å². The zero-order valence-electron chi connectivity index (χ0n) is 12.8. The second-order valence-corrected chi connectivity index (χ2v) is 7.82. The molecule has 4 saturated carbocycles. The van der Waals surface area contributed by atoms with Crippen molar-refractivity contribution in [1.82, 2.24) is 5.32 Å². The molecule has 0 saturated heterocycles. The van der Waals surface area contributed by atoms with Crippen molar-refractivity contribution < 1.29 is 4.74 Å². The maximum absolute atomic E-state index is 5.24. The van der Waals surface area contributed by atoms with Gasteiger partial charge in [-0.3, -0.25) is 0 Å². The molecule has 0 aromatic heterocycles. The Bertz CT molecular complexity index is 517. The summed E-state index contributed by atoms with van der Waals surface area (Å²) in [6, 6.07) is 10.4. The minimum absolute atomic E-state index is 0.767. The number of benzene rings is 1. The van der Waals surface area contributed by atoms with Gasteiger partial charge < -0.3 is 10.1 Å². The maximum atomic E-state index is 5.24. The van der Waals surface area contributed by atoms with Crippen LogP contribution in [0.4, 0.5) is 0 Å². The van der Waals surface area contributed by atoms with Crippen LogP contribution in [0, 0.1) is 23.7 Å². The molecule has 21 heavy (non-hydrogen) atoms. The Morgan fingerprint density at radius 2 is 1.62 bits per heavy atom. The normalized spacial score (nSPS) is 46.0. The van der Waals surface area contributed by atoms with Crippen LogP contribution in [-0.4, -0.2) is 19.2 Å². The number of hydrogen-bond donors (Lipinski definition) is 1. The van der Waals surface area contributed by atoms with Gasteiger partial charge in [0.25, 0.3) is 0 Å². The minimum atomic E-state index is 0.767. The number of fused-ring (bicyclic) bond motifs is 5. The Hall–Kier alpha value is -1.02. The summed E-state index contributed by atoms with van der Waals surface area (Å²) in [6.07, 6.45) is 7.29. The summed E-state index contributed by atoms with van der Waals surface area (Å²) in [5.41, 5.74) is 1.49. The fraction of sp³-hybridized carbons (Fsp3) is 0.684. The molecule has 0 aliphatic heterocycles. The van der Waals surface area contributed by atoms with Gasteiger partial charge in [-0.25, -0.2) is 0 Å². The van der Waals surface area contributed by atoms with Crippen LogP contribution in [0.2, 0.25) is 0 Å². The van der Waals surface area contributed by atoms with Gasteiger partial charge in [0.2, 0.25) is 0 Å². The van der Waals surface area contributed by atoms with E-state index in [1.807, 2.05) is 0 Å². The molecule has 1 N–H and O–H groups in total. The van der Waals surface area contributed by atoms with Crippen molar-refractivity contribution in [3.63, 3.8) is 0 Å². The highest BCUT2D eigenvalue weighted by atomic mass is 16.5. The van der Waals surface area contributed by atoms with Crippen molar-refractivity contribution in [2.75, 3.05) is 7.11 Å². The topological polar surface area (TPSA) is 21.3 Å². The van der Waals surface area contributed by atoms with Crippen LogP contribution in [0.3, 0.4) is 0 Å². The van der Waals surface area contributed by atoms with E-state index in [2.05, 4.69) is 29.6 Å². The van der Waals surface area contributed by atoms with Crippen molar-refractivity contribution in [3.05, 3.63) is 29.8 Å². The first-order valence-corrected chi connectivity index (χ1v) is 8.73. The van der Waals surface area contributed by atoms with Gasteiger partial charge in [0.15, 0.2) is 0 Å². The number of ether oxygens (including phenoxy) is 1. The van der Waals surface area contributed by atoms with Crippen LogP contribution < -0.4 is 10.1 Å². The second-order valence-electron chi connectivity index (χ2n) is 7.82. The lowest BCUT2D eigenvalue weighted by Gasteiger charge is -2.37. The predicted octanol–water partition coefficient (Wildman–Crippen LogP) is 3.58. The van der Waals surface area contributed by atoms with Crippen molar-refractivity contribution in [1.29, 1.82) is 0 Å². The first kappa shape index (κ1) is 12.5. The van der Waals surface area contributed by atoms with Crippen molar-refractivity contribution in [2.24, 2.45) is 23.7 Å². The molecular weight excluding hydrogens is 258 g/mol. The summed E-state index contributed by atoms with van der Waals surface area (Å²) >= 11 is 0. The van der Waals surface area contributed by atoms with E-state index in [9.17, 15) is 0 Å². The molecule has 4 aliphatic rings. The standard InChI is InChI=1S/C19H25NO/c1-21-16-6-4-11(5-7-16)14-9-15(10-14)20-19-17-12-2-3-13(8-12)18(17)19/h4-7,12-15,17-20H,2-3,8-10H2,1H3. The molecule has 1 aromatic carbocycles. The van der Waals surface area contributed by atoms with E-state index in [0.717, 1.165) is 47.4 Å². The zero-order valence-corrected chi connectivity index (χ0v) is 12.8. The van der Waals surface area contributed by atoms with Gasteiger partial charge in [-0.2, -0.15) is 0 Å². The van der Waals surface area contributed by atoms with Gasteiger partial charge in [-0.05, 0) is 79.4 Å². The first-order valence-electron chi connectivity index (χ1n) is 8.73. The SMILES string of the molecule is COc1ccc(C2CC(NC3C4C5CCC(C5)C34)C2)cc1. The molecule has 112 valence electrons. The van der Waals surface area contributed by atoms with E-state index >= 15 is 0 Å². The summed E-state index contributed by atoms with van der Waals surface area (Å²) in [6.45, 7) is 0. The molecule has 0 spiro atoms. The van der Waals surface area contributed by atoms with Crippen LogP contribution in [0.5, 0.6) is 5.75 Å². The molecule has 4 atom stereocenters. The van der Waals surface area contributed by atoms with Crippen molar-refractivity contribution in [2.45, 2.75) is 50.1 Å². The molecule has 4 aliphatic carbocycles. The van der Waals surface area contributed by atoms with Crippen molar-refractivity contribution in [3.8, 4) is 5.75 Å². The third-order valence-corrected chi connectivity index (χ3v) is 6.89. The van der Waals surface area contributed by atoms with E-state index in [0.29, 0.717) is 0 Å². The maximum Gasteiger partial charge on any atom is 0.118 e. The minimum Gasteiger partial charge on any atom is -0.497 e. The lowest BCUT2D eigenvalue weighted by Crippen LogP contribution is -2.42. The molecule has 0 radical (unpaired) electrons. The first-order chi connectivity index (χ1) is 10.3. The molecule has 2 bridgehead atoms. The van der Waals surface area contributed by atoms with Gasteiger partial charge in [0.1, 0.15) is 5.75 Å². The number of nitrogens with one attached hydrogen (secondary N) is 1. The molecule has 4 fully saturated rings. The Labute approximate surface area is 127 Å². The van der Waals surface area contributed by atoms with Crippen LogP contribution in [-0.2, 0) is 0 Å². The smallest absolute Gasteiger partial charge is 0.118 e. The summed E-state index contributed by atoms with van der Waals surface area (Å²) in [5.74, 6) is 6.07. The number of methoxy groups -OCH3 is 1. The third kappa shape index (κ3) is 1.88. The molecule has 5 rings (SSSR count). The fourth-order valence-electron chi connectivity index (χ4n) is 5.72. The highest BCUT2D eigenvalue weighted by Crippen LogP contribution is 2.66. The van der Waals surface area contributed by atoms with Gasteiger partial charge in [-0.1, -0.05) is 12.1 Å². The molecule has 0 heterocycles. The molecule has 2 nitrogen and oxygen atoms in total. The summed E-state index contributed by atoms with van der Waals surface area (Å²) in [5, 5.41) is 3.99. The van der Waals surface area contributed by atoms with Gasteiger partial charge >= 0.3 is 0 Å². The average molecular weight is 283 g/mol. The molecular formula is C19H25NO.